The molecule has 0 bridgehead atoms. The van der Waals surface area contributed by atoms with Crippen LogP contribution in [-0.4, -0.2) is 31.5 Å². The zero-order chi connectivity index (χ0) is 18.5. The number of carbonyl (C=O) groups excluding carboxylic acids is 2. The first-order chi connectivity index (χ1) is 12.6. The third-order valence-electron chi connectivity index (χ3n) is 4.53. The van der Waals surface area contributed by atoms with E-state index >= 15 is 0 Å². The van der Waals surface area contributed by atoms with Crippen molar-refractivity contribution in [3.05, 3.63) is 59.7 Å². The van der Waals surface area contributed by atoms with E-state index in [0.29, 0.717) is 37.4 Å². The minimum Gasteiger partial charge on any atom is -0.493 e. The molecule has 1 aliphatic heterocycles. The van der Waals surface area contributed by atoms with Crippen LogP contribution in [0.2, 0.25) is 0 Å². The average Bonchev–Trinajstić information content (AvgIpc) is 3.02. The van der Waals surface area contributed by atoms with E-state index < -0.39 is 0 Å². The van der Waals surface area contributed by atoms with Gasteiger partial charge in [0.15, 0.2) is 0 Å². The summed E-state index contributed by atoms with van der Waals surface area (Å²) < 4.78 is 5.51. The van der Waals surface area contributed by atoms with Crippen LogP contribution in [0, 0.1) is 12.8 Å². The summed E-state index contributed by atoms with van der Waals surface area (Å²) in [6.07, 6.45) is 0.446. The first kappa shape index (κ1) is 18.0. The Morgan fingerprint density at radius 3 is 2.65 bits per heavy atom. The minimum absolute atomic E-state index is 0.0998. The first-order valence-corrected chi connectivity index (χ1v) is 8.95. The van der Waals surface area contributed by atoms with Gasteiger partial charge in [0.25, 0.3) is 5.91 Å². The molecule has 5 nitrogen and oxygen atoms in total. The number of ether oxygens (including phenoxy) is 1. The fraction of sp³-hybridized carbons (Fsp3) is 0.333. The summed E-state index contributed by atoms with van der Waals surface area (Å²) in [5.41, 5.74) is 2.60. The highest BCUT2D eigenvalue weighted by molar-refractivity contribution is 5.97. The molecule has 0 aromatic heterocycles. The highest BCUT2D eigenvalue weighted by Crippen LogP contribution is 2.25. The number of nitrogens with one attached hydrogen (secondary N) is 1. The zero-order valence-electron chi connectivity index (χ0n) is 15.2. The zero-order valence-corrected chi connectivity index (χ0v) is 15.2. The molecule has 2 amide bonds. The van der Waals surface area contributed by atoms with Gasteiger partial charge in [0.2, 0.25) is 5.91 Å². The predicted octanol–water partition coefficient (Wildman–Crippen LogP) is 3.18. The third-order valence-corrected chi connectivity index (χ3v) is 4.53. The number of aryl methyl sites for hydroxylation is 1. The van der Waals surface area contributed by atoms with Gasteiger partial charge in [0.05, 0.1) is 12.2 Å². The first-order valence-electron chi connectivity index (χ1n) is 8.95. The van der Waals surface area contributed by atoms with Gasteiger partial charge in [0.1, 0.15) is 5.75 Å². The van der Waals surface area contributed by atoms with Crippen molar-refractivity contribution < 1.29 is 14.3 Å². The summed E-state index contributed by atoms with van der Waals surface area (Å²) in [6, 6.07) is 15.1. The molecule has 3 rings (SSSR count). The van der Waals surface area contributed by atoms with Crippen LogP contribution in [0.3, 0.4) is 0 Å². The van der Waals surface area contributed by atoms with E-state index in [1.54, 1.807) is 17.0 Å². The summed E-state index contributed by atoms with van der Waals surface area (Å²) in [4.78, 5) is 26.6. The number of hydrogen-bond acceptors (Lipinski definition) is 3. The maximum Gasteiger partial charge on any atom is 0.255 e. The van der Waals surface area contributed by atoms with Gasteiger partial charge in [-0.05, 0) is 38.1 Å². The number of para-hydroxylation sites is 1. The number of benzene rings is 2. The smallest absolute Gasteiger partial charge is 0.255 e. The van der Waals surface area contributed by atoms with Gasteiger partial charge in [-0.3, -0.25) is 9.59 Å². The second-order valence-corrected chi connectivity index (χ2v) is 6.55. The van der Waals surface area contributed by atoms with Crippen molar-refractivity contribution in [3.63, 3.8) is 0 Å². The average molecular weight is 352 g/mol. The topological polar surface area (TPSA) is 58.6 Å². The standard InChI is InChI=1S/C21H24N2O3/c1-3-26-19-7-5-4-6-18(19)21(25)22-13-16-12-20(24)23(14-16)17-10-8-15(2)9-11-17/h4-11,16H,3,12-14H2,1-2H3,(H,22,25). The Balaban J connectivity index is 1.60. The number of amides is 2. The quantitative estimate of drug-likeness (QED) is 0.869. The molecule has 0 radical (unpaired) electrons. The summed E-state index contributed by atoms with van der Waals surface area (Å²) >= 11 is 0. The second-order valence-electron chi connectivity index (χ2n) is 6.55. The van der Waals surface area contributed by atoms with E-state index in [-0.39, 0.29) is 17.7 Å². The van der Waals surface area contributed by atoms with Crippen LogP contribution >= 0.6 is 0 Å². The molecule has 5 heteroatoms. The molecule has 0 spiro atoms. The van der Waals surface area contributed by atoms with E-state index in [9.17, 15) is 9.59 Å². The summed E-state index contributed by atoms with van der Waals surface area (Å²) in [5.74, 6) is 0.612. The second kappa shape index (κ2) is 8.04. The molecule has 1 unspecified atom stereocenters. The lowest BCUT2D eigenvalue weighted by atomic mass is 10.1. The molecular weight excluding hydrogens is 328 g/mol. The third kappa shape index (κ3) is 4.04. The lowest BCUT2D eigenvalue weighted by molar-refractivity contribution is -0.117. The van der Waals surface area contributed by atoms with Gasteiger partial charge in [-0.15, -0.1) is 0 Å². The Bertz CT molecular complexity index is 786. The van der Waals surface area contributed by atoms with Gasteiger partial charge in [-0.25, -0.2) is 0 Å². The Labute approximate surface area is 154 Å². The molecule has 1 N–H and O–H groups in total. The van der Waals surface area contributed by atoms with Crippen molar-refractivity contribution in [3.8, 4) is 5.75 Å². The summed E-state index contributed by atoms with van der Waals surface area (Å²) in [6.45, 7) is 5.50. The highest BCUT2D eigenvalue weighted by Gasteiger charge is 2.30. The molecule has 1 atom stereocenters. The summed E-state index contributed by atoms with van der Waals surface area (Å²) in [7, 11) is 0. The van der Waals surface area contributed by atoms with Gasteiger partial charge < -0.3 is 15.0 Å². The van der Waals surface area contributed by atoms with Crippen molar-refractivity contribution in [2.24, 2.45) is 5.92 Å². The molecule has 1 aliphatic rings. The molecule has 1 heterocycles. The van der Waals surface area contributed by atoms with Crippen LogP contribution in [0.15, 0.2) is 48.5 Å². The highest BCUT2D eigenvalue weighted by atomic mass is 16.5. The lowest BCUT2D eigenvalue weighted by Gasteiger charge is -2.17. The van der Waals surface area contributed by atoms with Gasteiger partial charge in [0, 0.05) is 31.1 Å². The molecular formula is C21H24N2O3. The minimum atomic E-state index is -0.171. The fourth-order valence-corrected chi connectivity index (χ4v) is 3.16. The number of anilines is 1. The Morgan fingerprint density at radius 2 is 1.92 bits per heavy atom. The predicted molar refractivity (Wildman–Crippen MR) is 102 cm³/mol. The normalized spacial score (nSPS) is 16.6. The van der Waals surface area contributed by atoms with Crippen LogP contribution < -0.4 is 15.0 Å². The molecule has 1 saturated heterocycles. The van der Waals surface area contributed by atoms with E-state index in [4.69, 9.17) is 4.74 Å². The van der Waals surface area contributed by atoms with Crippen LogP contribution in [0.5, 0.6) is 5.75 Å². The molecule has 2 aromatic carbocycles. The monoisotopic (exact) mass is 352 g/mol. The fourth-order valence-electron chi connectivity index (χ4n) is 3.16. The largest absolute Gasteiger partial charge is 0.493 e. The van der Waals surface area contributed by atoms with Crippen molar-refractivity contribution in [2.75, 3.05) is 24.6 Å². The van der Waals surface area contributed by atoms with E-state index in [2.05, 4.69) is 5.32 Å². The van der Waals surface area contributed by atoms with E-state index in [1.807, 2.05) is 50.2 Å². The van der Waals surface area contributed by atoms with Crippen LogP contribution in [0.4, 0.5) is 5.69 Å². The number of carbonyl (C=O) groups is 2. The van der Waals surface area contributed by atoms with Crippen molar-refractivity contribution in [1.82, 2.24) is 5.32 Å². The molecule has 0 aliphatic carbocycles. The maximum atomic E-state index is 12.5. The van der Waals surface area contributed by atoms with Gasteiger partial charge >= 0.3 is 0 Å². The number of nitrogens with zero attached hydrogens (tertiary/aromatic N) is 1. The van der Waals surface area contributed by atoms with Crippen molar-refractivity contribution in [1.29, 1.82) is 0 Å². The Morgan fingerprint density at radius 1 is 1.19 bits per heavy atom. The van der Waals surface area contributed by atoms with Crippen LogP contribution in [0.1, 0.15) is 29.3 Å². The van der Waals surface area contributed by atoms with Gasteiger partial charge in [-0.2, -0.15) is 0 Å². The lowest BCUT2D eigenvalue weighted by Crippen LogP contribution is -2.31. The Hall–Kier alpha value is -2.82. The van der Waals surface area contributed by atoms with Crippen molar-refractivity contribution >= 4 is 17.5 Å². The van der Waals surface area contributed by atoms with Crippen molar-refractivity contribution in [2.45, 2.75) is 20.3 Å². The number of rotatable bonds is 6. The molecule has 136 valence electrons. The van der Waals surface area contributed by atoms with Gasteiger partial charge in [-0.1, -0.05) is 29.8 Å². The van der Waals surface area contributed by atoms with E-state index in [1.165, 1.54) is 0 Å². The molecule has 1 fully saturated rings. The summed E-state index contributed by atoms with van der Waals surface area (Å²) in [5, 5.41) is 2.94. The molecule has 26 heavy (non-hydrogen) atoms. The number of hydrogen-bond donors (Lipinski definition) is 1. The van der Waals surface area contributed by atoms with Crippen LogP contribution in [0.25, 0.3) is 0 Å². The van der Waals surface area contributed by atoms with E-state index in [0.717, 1.165) is 11.3 Å². The SMILES string of the molecule is CCOc1ccccc1C(=O)NCC1CC(=O)N(c2ccc(C)cc2)C1. The molecule has 0 saturated carbocycles. The van der Waals surface area contributed by atoms with Crippen LogP contribution in [-0.2, 0) is 4.79 Å². The Kier molecular flexibility index (Phi) is 5.56. The maximum absolute atomic E-state index is 12.5. The molecule has 2 aromatic rings.